The summed E-state index contributed by atoms with van der Waals surface area (Å²) in [6.45, 7) is 2.17. The molecule has 0 saturated heterocycles. The number of cyclic esters (lactones) is 1. The smallest absolute Gasteiger partial charge is 0.306 e. The van der Waals surface area contributed by atoms with Gasteiger partial charge in [-0.25, -0.2) is 0 Å². The van der Waals surface area contributed by atoms with Crippen molar-refractivity contribution in [1.82, 2.24) is 0 Å². The van der Waals surface area contributed by atoms with Crippen molar-refractivity contribution in [2.75, 3.05) is 0 Å². The number of hydrogen-bond acceptors (Lipinski definition) is 3. The van der Waals surface area contributed by atoms with Gasteiger partial charge in [0.25, 0.3) is 0 Å². The quantitative estimate of drug-likeness (QED) is 0.426. The van der Waals surface area contributed by atoms with Crippen LogP contribution in [0.15, 0.2) is 24.3 Å². The lowest BCUT2D eigenvalue weighted by molar-refractivity contribution is -0.147. The number of ether oxygens (including phenoxy) is 1. The lowest BCUT2D eigenvalue weighted by Gasteiger charge is -2.16. The SMILES string of the molecule is CCCCC[C@@H]1C=CC2CCC(=O)[C@@H]2C/C=C\CCCC(=O)O1. The Morgan fingerprint density at radius 2 is 2.00 bits per heavy atom. The fourth-order valence-corrected chi connectivity index (χ4v) is 3.48. The lowest BCUT2D eigenvalue weighted by atomic mass is 9.91. The van der Waals surface area contributed by atoms with Gasteiger partial charge in [0.1, 0.15) is 11.9 Å². The zero-order valence-corrected chi connectivity index (χ0v) is 14.3. The molecule has 2 rings (SSSR count). The van der Waals surface area contributed by atoms with Gasteiger partial charge in [-0.2, -0.15) is 0 Å². The Kier molecular flexibility index (Phi) is 7.57. The number of esters is 1. The van der Waals surface area contributed by atoms with E-state index in [4.69, 9.17) is 4.74 Å². The fraction of sp³-hybridized carbons (Fsp3) is 0.700. The first-order chi connectivity index (χ1) is 11.2. The second-order valence-electron chi connectivity index (χ2n) is 6.78. The van der Waals surface area contributed by atoms with Gasteiger partial charge in [-0.1, -0.05) is 38.0 Å². The monoisotopic (exact) mass is 318 g/mol. The van der Waals surface area contributed by atoms with Crippen molar-refractivity contribution in [2.45, 2.75) is 77.2 Å². The highest BCUT2D eigenvalue weighted by Crippen LogP contribution is 2.33. The highest BCUT2D eigenvalue weighted by atomic mass is 16.5. The number of rotatable bonds is 4. The van der Waals surface area contributed by atoms with Crippen molar-refractivity contribution in [3.8, 4) is 0 Å². The molecule has 3 atom stereocenters. The minimum atomic E-state index is -0.126. The average Bonchev–Trinajstić information content (AvgIpc) is 2.88. The molecule has 128 valence electrons. The van der Waals surface area contributed by atoms with Crippen molar-refractivity contribution in [3.63, 3.8) is 0 Å². The Labute approximate surface area is 140 Å². The molecule has 0 aromatic rings. The van der Waals surface area contributed by atoms with E-state index in [1.165, 1.54) is 0 Å². The number of carbonyl (C=O) groups excluding carboxylic acids is 2. The number of unbranched alkanes of at least 4 members (excludes halogenated alkanes) is 2. The Morgan fingerprint density at radius 3 is 2.83 bits per heavy atom. The van der Waals surface area contributed by atoms with E-state index in [1.54, 1.807) is 0 Å². The van der Waals surface area contributed by atoms with Crippen LogP contribution in [0, 0.1) is 11.8 Å². The Balaban J connectivity index is 2.05. The van der Waals surface area contributed by atoms with E-state index in [-0.39, 0.29) is 18.0 Å². The molecule has 1 unspecified atom stereocenters. The van der Waals surface area contributed by atoms with Crippen molar-refractivity contribution in [2.24, 2.45) is 11.8 Å². The number of fused-ring (bicyclic) bond motifs is 1. The van der Waals surface area contributed by atoms with Crippen LogP contribution in [0.25, 0.3) is 0 Å². The number of Topliss-reactive ketones (excluding diaryl/α,β-unsaturated/α-hetero) is 1. The minimum absolute atomic E-state index is 0.0946. The predicted molar refractivity (Wildman–Crippen MR) is 92.0 cm³/mol. The van der Waals surface area contributed by atoms with Gasteiger partial charge in [0.05, 0.1) is 0 Å². The largest absolute Gasteiger partial charge is 0.458 e. The molecule has 1 fully saturated rings. The van der Waals surface area contributed by atoms with Gasteiger partial charge in [-0.05, 0) is 50.5 Å². The van der Waals surface area contributed by atoms with Crippen LogP contribution in [0.1, 0.15) is 71.1 Å². The standard InChI is InChI=1S/C20H30O3/c1-2-3-6-9-17-14-12-16-13-15-19(21)18(16)10-7-4-5-8-11-20(22)23-17/h4,7,12,14,16-18H,2-3,5-6,8-11,13,15H2,1H3/b7-4-,14-12?/t16?,17-,18-/m1/s1. The zero-order chi connectivity index (χ0) is 16.5. The van der Waals surface area contributed by atoms with Crippen LogP contribution in [-0.4, -0.2) is 17.9 Å². The maximum Gasteiger partial charge on any atom is 0.306 e. The summed E-state index contributed by atoms with van der Waals surface area (Å²) in [4.78, 5) is 24.1. The summed E-state index contributed by atoms with van der Waals surface area (Å²) in [7, 11) is 0. The van der Waals surface area contributed by atoms with Crippen molar-refractivity contribution in [3.05, 3.63) is 24.3 Å². The Morgan fingerprint density at radius 1 is 1.13 bits per heavy atom. The molecule has 0 spiro atoms. The number of hydrogen-bond donors (Lipinski definition) is 0. The van der Waals surface area contributed by atoms with E-state index >= 15 is 0 Å². The van der Waals surface area contributed by atoms with Crippen LogP contribution in [0.2, 0.25) is 0 Å². The maximum atomic E-state index is 12.1. The summed E-state index contributed by atoms with van der Waals surface area (Å²) in [6.07, 6.45) is 17.2. The summed E-state index contributed by atoms with van der Waals surface area (Å²) in [5, 5.41) is 0. The molecular formula is C20H30O3. The van der Waals surface area contributed by atoms with Gasteiger partial charge in [-0.15, -0.1) is 0 Å². The third-order valence-corrected chi connectivity index (χ3v) is 4.91. The van der Waals surface area contributed by atoms with E-state index in [0.29, 0.717) is 24.5 Å². The molecule has 3 nitrogen and oxygen atoms in total. The van der Waals surface area contributed by atoms with Crippen molar-refractivity contribution >= 4 is 11.8 Å². The second kappa shape index (κ2) is 9.69. The van der Waals surface area contributed by atoms with E-state index in [2.05, 4.69) is 25.2 Å². The molecule has 0 bridgehead atoms. The molecule has 1 aliphatic heterocycles. The number of allylic oxidation sites excluding steroid dienone is 3. The number of ketones is 1. The third kappa shape index (κ3) is 5.96. The van der Waals surface area contributed by atoms with E-state index in [9.17, 15) is 9.59 Å². The van der Waals surface area contributed by atoms with Crippen LogP contribution in [0.3, 0.4) is 0 Å². The summed E-state index contributed by atoms with van der Waals surface area (Å²) in [6, 6.07) is 0. The molecule has 1 saturated carbocycles. The summed E-state index contributed by atoms with van der Waals surface area (Å²) < 4.78 is 5.65. The molecule has 2 aliphatic rings. The number of carbonyl (C=O) groups is 2. The molecular weight excluding hydrogens is 288 g/mol. The molecule has 3 heteroatoms. The maximum absolute atomic E-state index is 12.1. The topological polar surface area (TPSA) is 43.4 Å². The van der Waals surface area contributed by atoms with Gasteiger partial charge >= 0.3 is 5.97 Å². The zero-order valence-electron chi connectivity index (χ0n) is 14.3. The fourth-order valence-electron chi connectivity index (χ4n) is 3.48. The van der Waals surface area contributed by atoms with E-state index in [0.717, 1.165) is 51.4 Å². The minimum Gasteiger partial charge on any atom is -0.458 e. The first-order valence-corrected chi connectivity index (χ1v) is 9.26. The summed E-state index contributed by atoms with van der Waals surface area (Å²) in [5.74, 6) is 0.720. The summed E-state index contributed by atoms with van der Waals surface area (Å²) >= 11 is 0. The normalized spacial score (nSPS) is 30.7. The molecule has 0 radical (unpaired) electrons. The second-order valence-corrected chi connectivity index (χ2v) is 6.78. The first-order valence-electron chi connectivity index (χ1n) is 9.26. The van der Waals surface area contributed by atoms with Crippen LogP contribution in [0.5, 0.6) is 0 Å². The Bertz CT molecular complexity index is 450. The predicted octanol–water partition coefficient (Wildman–Crippen LogP) is 4.76. The van der Waals surface area contributed by atoms with Crippen LogP contribution < -0.4 is 0 Å². The molecule has 0 aromatic heterocycles. The highest BCUT2D eigenvalue weighted by Gasteiger charge is 2.32. The molecule has 0 amide bonds. The molecule has 1 aliphatic carbocycles. The molecule has 0 aromatic carbocycles. The van der Waals surface area contributed by atoms with Gasteiger partial charge in [-0.3, -0.25) is 9.59 Å². The van der Waals surface area contributed by atoms with E-state index < -0.39 is 0 Å². The van der Waals surface area contributed by atoms with Crippen molar-refractivity contribution in [1.29, 1.82) is 0 Å². The van der Waals surface area contributed by atoms with Crippen LogP contribution in [0.4, 0.5) is 0 Å². The van der Waals surface area contributed by atoms with Gasteiger partial charge in [0, 0.05) is 18.8 Å². The average molecular weight is 318 g/mol. The molecule has 0 N–H and O–H groups in total. The summed E-state index contributed by atoms with van der Waals surface area (Å²) in [5.41, 5.74) is 0. The third-order valence-electron chi connectivity index (χ3n) is 4.91. The highest BCUT2D eigenvalue weighted by molar-refractivity contribution is 5.83. The lowest BCUT2D eigenvalue weighted by Crippen LogP contribution is -2.17. The molecule has 1 heterocycles. The Hall–Kier alpha value is -1.38. The first kappa shape index (κ1) is 18.0. The van der Waals surface area contributed by atoms with Gasteiger partial charge < -0.3 is 4.74 Å². The molecule has 23 heavy (non-hydrogen) atoms. The van der Waals surface area contributed by atoms with E-state index in [1.807, 2.05) is 6.08 Å². The van der Waals surface area contributed by atoms with Crippen LogP contribution >= 0.6 is 0 Å². The van der Waals surface area contributed by atoms with Crippen molar-refractivity contribution < 1.29 is 14.3 Å². The van der Waals surface area contributed by atoms with Gasteiger partial charge in [0.15, 0.2) is 0 Å². The van der Waals surface area contributed by atoms with Gasteiger partial charge in [0.2, 0.25) is 0 Å². The van der Waals surface area contributed by atoms with Crippen LogP contribution in [-0.2, 0) is 14.3 Å².